The topological polar surface area (TPSA) is 43.8 Å². The Hall–Kier alpha value is -2.00. The first kappa shape index (κ1) is 11.1. The van der Waals surface area contributed by atoms with Gasteiger partial charge in [-0.25, -0.2) is 4.98 Å². The lowest BCUT2D eigenvalue weighted by Crippen LogP contribution is -2.00. The van der Waals surface area contributed by atoms with Gasteiger partial charge in [-0.3, -0.25) is 4.57 Å². The summed E-state index contributed by atoms with van der Waals surface area (Å²) >= 11 is 6.22. The van der Waals surface area contributed by atoms with Crippen molar-refractivity contribution in [2.45, 2.75) is 6.92 Å². The number of aryl methyl sites for hydroxylation is 1. The number of fused-ring (bicyclic) bond motifs is 1. The number of benzene rings is 2. The summed E-state index contributed by atoms with van der Waals surface area (Å²) < 4.78 is 1.87. The Labute approximate surface area is 110 Å². The minimum Gasteiger partial charge on any atom is -0.369 e. The summed E-state index contributed by atoms with van der Waals surface area (Å²) in [6, 6.07) is 13.7. The van der Waals surface area contributed by atoms with Crippen LogP contribution < -0.4 is 5.73 Å². The molecule has 0 spiro atoms. The molecular formula is C14H12ClN3. The molecule has 90 valence electrons. The van der Waals surface area contributed by atoms with Crippen molar-refractivity contribution in [1.29, 1.82) is 0 Å². The molecule has 4 heteroatoms. The average Bonchev–Trinajstić information content (AvgIpc) is 2.65. The third-order valence-corrected chi connectivity index (χ3v) is 3.25. The molecule has 0 bridgehead atoms. The Morgan fingerprint density at radius 3 is 2.72 bits per heavy atom. The maximum atomic E-state index is 6.22. The van der Waals surface area contributed by atoms with Crippen molar-refractivity contribution in [1.82, 2.24) is 9.55 Å². The van der Waals surface area contributed by atoms with Crippen molar-refractivity contribution in [2.24, 2.45) is 0 Å². The number of anilines is 1. The van der Waals surface area contributed by atoms with Crippen LogP contribution in [0, 0.1) is 6.92 Å². The predicted molar refractivity (Wildman–Crippen MR) is 75.2 cm³/mol. The lowest BCUT2D eigenvalue weighted by Gasteiger charge is -2.08. The Bertz CT molecular complexity index is 731. The molecule has 2 N–H and O–H groups in total. The van der Waals surface area contributed by atoms with Crippen LogP contribution in [0.15, 0.2) is 42.5 Å². The average molecular weight is 258 g/mol. The molecule has 0 aliphatic carbocycles. The summed E-state index contributed by atoms with van der Waals surface area (Å²) in [5.41, 5.74) is 9.85. The van der Waals surface area contributed by atoms with Crippen LogP contribution in [0.4, 0.5) is 5.95 Å². The molecule has 3 aromatic rings. The van der Waals surface area contributed by atoms with Crippen LogP contribution >= 0.6 is 11.6 Å². The number of rotatable bonds is 1. The van der Waals surface area contributed by atoms with Crippen molar-refractivity contribution < 1.29 is 0 Å². The van der Waals surface area contributed by atoms with Gasteiger partial charge < -0.3 is 5.73 Å². The lowest BCUT2D eigenvalue weighted by atomic mass is 10.2. The zero-order valence-corrected chi connectivity index (χ0v) is 10.6. The van der Waals surface area contributed by atoms with Crippen LogP contribution in [-0.2, 0) is 0 Å². The molecule has 0 atom stereocenters. The molecule has 18 heavy (non-hydrogen) atoms. The maximum absolute atomic E-state index is 6.22. The summed E-state index contributed by atoms with van der Waals surface area (Å²) in [6.45, 7) is 2.03. The summed E-state index contributed by atoms with van der Waals surface area (Å²) in [7, 11) is 0. The number of hydrogen-bond donors (Lipinski definition) is 1. The first-order valence-electron chi connectivity index (χ1n) is 5.66. The fraction of sp³-hybridized carbons (Fsp3) is 0.0714. The van der Waals surface area contributed by atoms with Gasteiger partial charge in [0.1, 0.15) is 0 Å². The predicted octanol–water partition coefficient (Wildman–Crippen LogP) is 3.57. The van der Waals surface area contributed by atoms with Gasteiger partial charge in [-0.2, -0.15) is 0 Å². The second-order valence-corrected chi connectivity index (χ2v) is 4.66. The minimum atomic E-state index is 0.448. The zero-order chi connectivity index (χ0) is 12.7. The summed E-state index contributed by atoms with van der Waals surface area (Å²) in [6.07, 6.45) is 0. The van der Waals surface area contributed by atoms with Crippen molar-refractivity contribution >= 4 is 28.6 Å². The monoisotopic (exact) mass is 257 g/mol. The van der Waals surface area contributed by atoms with E-state index in [1.54, 1.807) is 0 Å². The Morgan fingerprint density at radius 1 is 1.17 bits per heavy atom. The van der Waals surface area contributed by atoms with Gasteiger partial charge in [-0.1, -0.05) is 29.8 Å². The van der Waals surface area contributed by atoms with E-state index < -0.39 is 0 Å². The van der Waals surface area contributed by atoms with Crippen molar-refractivity contribution in [2.75, 3.05) is 5.73 Å². The van der Waals surface area contributed by atoms with Crippen LogP contribution in [0.5, 0.6) is 0 Å². The minimum absolute atomic E-state index is 0.448. The van der Waals surface area contributed by atoms with E-state index in [1.807, 2.05) is 54.0 Å². The van der Waals surface area contributed by atoms with Gasteiger partial charge in [0, 0.05) is 0 Å². The third kappa shape index (κ3) is 1.64. The highest BCUT2D eigenvalue weighted by atomic mass is 35.5. The summed E-state index contributed by atoms with van der Waals surface area (Å²) in [5.74, 6) is 0.448. The largest absolute Gasteiger partial charge is 0.369 e. The summed E-state index contributed by atoms with van der Waals surface area (Å²) in [4.78, 5) is 4.37. The lowest BCUT2D eigenvalue weighted by molar-refractivity contribution is 1.11. The van der Waals surface area contributed by atoms with E-state index in [-0.39, 0.29) is 0 Å². The molecule has 0 saturated heterocycles. The number of halogens is 1. The highest BCUT2D eigenvalue weighted by molar-refractivity contribution is 6.32. The van der Waals surface area contributed by atoms with Gasteiger partial charge in [-0.15, -0.1) is 0 Å². The van der Waals surface area contributed by atoms with Gasteiger partial charge in [-0.05, 0) is 36.8 Å². The molecule has 0 radical (unpaired) electrons. The van der Waals surface area contributed by atoms with E-state index in [0.29, 0.717) is 11.0 Å². The van der Waals surface area contributed by atoms with Crippen LogP contribution in [0.2, 0.25) is 5.02 Å². The number of aromatic nitrogens is 2. The molecule has 2 aromatic carbocycles. The number of nitrogen functional groups attached to an aromatic ring is 1. The van der Waals surface area contributed by atoms with Crippen LogP contribution in [0.25, 0.3) is 16.7 Å². The second-order valence-electron chi connectivity index (χ2n) is 4.25. The molecule has 0 amide bonds. The van der Waals surface area contributed by atoms with E-state index in [2.05, 4.69) is 4.98 Å². The molecule has 3 nitrogen and oxygen atoms in total. The van der Waals surface area contributed by atoms with Crippen LogP contribution in [-0.4, -0.2) is 9.55 Å². The van der Waals surface area contributed by atoms with Crippen molar-refractivity contribution in [3.8, 4) is 5.69 Å². The second kappa shape index (κ2) is 4.03. The van der Waals surface area contributed by atoms with E-state index in [1.165, 1.54) is 0 Å². The Morgan fingerprint density at radius 2 is 1.94 bits per heavy atom. The fourth-order valence-corrected chi connectivity index (χ4v) is 2.32. The van der Waals surface area contributed by atoms with E-state index in [4.69, 9.17) is 17.3 Å². The molecule has 0 aliphatic heterocycles. The maximum Gasteiger partial charge on any atom is 0.205 e. The van der Waals surface area contributed by atoms with Crippen LogP contribution in [0.1, 0.15) is 5.56 Å². The molecule has 0 unspecified atom stereocenters. The molecule has 3 rings (SSSR count). The smallest absolute Gasteiger partial charge is 0.205 e. The van der Waals surface area contributed by atoms with Crippen LogP contribution in [0.3, 0.4) is 0 Å². The molecule has 0 aliphatic rings. The number of nitrogens with two attached hydrogens (primary N) is 1. The van der Waals surface area contributed by atoms with Gasteiger partial charge in [0.05, 0.1) is 21.7 Å². The molecular weight excluding hydrogens is 246 g/mol. The van der Waals surface area contributed by atoms with Gasteiger partial charge >= 0.3 is 0 Å². The number of hydrogen-bond acceptors (Lipinski definition) is 2. The molecule has 0 fully saturated rings. The quantitative estimate of drug-likeness (QED) is 0.724. The highest BCUT2D eigenvalue weighted by Gasteiger charge is 2.11. The first-order valence-corrected chi connectivity index (χ1v) is 6.04. The summed E-state index contributed by atoms with van der Waals surface area (Å²) in [5, 5.41) is 0.657. The normalized spacial score (nSPS) is 11.0. The fourth-order valence-electron chi connectivity index (χ4n) is 2.10. The standard InChI is InChI=1S/C14H12ClN3/c1-9-6-7-13-11(8-9)17-14(16)18(13)12-5-3-2-4-10(12)15/h2-8H,1H3,(H2,16,17). The van der Waals surface area contributed by atoms with Gasteiger partial charge in [0.15, 0.2) is 0 Å². The van der Waals surface area contributed by atoms with Crippen molar-refractivity contribution in [3.63, 3.8) is 0 Å². The third-order valence-electron chi connectivity index (χ3n) is 2.93. The Balaban J connectivity index is 2.36. The van der Waals surface area contributed by atoms with E-state index in [9.17, 15) is 0 Å². The molecule has 1 heterocycles. The number of para-hydroxylation sites is 1. The first-order chi connectivity index (χ1) is 8.66. The van der Waals surface area contributed by atoms with Gasteiger partial charge in [0.2, 0.25) is 5.95 Å². The molecule has 1 aromatic heterocycles. The molecule has 0 saturated carbocycles. The van der Waals surface area contributed by atoms with E-state index >= 15 is 0 Å². The van der Waals surface area contributed by atoms with Crippen molar-refractivity contribution in [3.05, 3.63) is 53.1 Å². The Kier molecular flexibility index (Phi) is 2.49. The van der Waals surface area contributed by atoms with Gasteiger partial charge in [0.25, 0.3) is 0 Å². The number of nitrogens with zero attached hydrogens (tertiary/aromatic N) is 2. The zero-order valence-electron chi connectivity index (χ0n) is 9.89. The highest BCUT2D eigenvalue weighted by Crippen LogP contribution is 2.28. The van der Waals surface area contributed by atoms with E-state index in [0.717, 1.165) is 22.3 Å². The SMILES string of the molecule is Cc1ccc2c(c1)nc(N)n2-c1ccccc1Cl. The number of imidazole rings is 1.